The zero-order valence-corrected chi connectivity index (χ0v) is 14.1. The first-order chi connectivity index (χ1) is 11.9. The van der Waals surface area contributed by atoms with Gasteiger partial charge in [0.2, 0.25) is 0 Å². The fourth-order valence-corrected chi connectivity index (χ4v) is 2.30. The highest BCUT2D eigenvalue weighted by molar-refractivity contribution is 6.04. The monoisotopic (exact) mass is 344 g/mol. The Labute approximate surface area is 145 Å². The van der Waals surface area contributed by atoms with Gasteiger partial charge in [0.05, 0.1) is 12.7 Å². The lowest BCUT2D eigenvalue weighted by Crippen LogP contribution is -2.33. The molecule has 0 aliphatic carbocycles. The van der Waals surface area contributed by atoms with Crippen molar-refractivity contribution in [3.8, 4) is 0 Å². The third-order valence-corrected chi connectivity index (χ3v) is 3.74. The Bertz CT molecular complexity index is 768. The largest absolute Gasteiger partial charge is 0.481 e. The topological polar surface area (TPSA) is 99.9 Å². The number of furan rings is 1. The van der Waals surface area contributed by atoms with Gasteiger partial charge in [0.25, 0.3) is 11.8 Å². The number of carbonyl (C=O) groups excluding carboxylic acids is 2. The van der Waals surface area contributed by atoms with Crippen molar-refractivity contribution in [3.05, 3.63) is 53.5 Å². The van der Waals surface area contributed by atoms with E-state index in [1.54, 1.807) is 37.3 Å². The van der Waals surface area contributed by atoms with Crippen LogP contribution in [0.4, 0.5) is 5.69 Å². The number of hydrogen-bond donors (Lipinski definition) is 2. The molecule has 1 aromatic heterocycles. The predicted molar refractivity (Wildman–Crippen MR) is 91.7 cm³/mol. The summed E-state index contributed by atoms with van der Waals surface area (Å²) in [5.74, 6) is -1.47. The van der Waals surface area contributed by atoms with Gasteiger partial charge in [0, 0.05) is 24.3 Å². The first kappa shape index (κ1) is 18.3. The molecule has 0 radical (unpaired) electrons. The molecule has 0 fully saturated rings. The summed E-state index contributed by atoms with van der Waals surface area (Å²) in [6, 6.07) is 8.13. The number of nitrogens with one attached hydrogen (secondary N) is 1. The number of aliphatic carboxylic acids is 1. The van der Waals surface area contributed by atoms with Crippen molar-refractivity contribution in [2.75, 3.05) is 18.4 Å². The summed E-state index contributed by atoms with van der Waals surface area (Å²) in [4.78, 5) is 36.9. The van der Waals surface area contributed by atoms with E-state index in [1.165, 1.54) is 11.2 Å². The minimum Gasteiger partial charge on any atom is -0.481 e. The van der Waals surface area contributed by atoms with Gasteiger partial charge in [-0.1, -0.05) is 6.07 Å². The Morgan fingerprint density at radius 2 is 2.00 bits per heavy atom. The number of rotatable bonds is 7. The zero-order chi connectivity index (χ0) is 18.4. The summed E-state index contributed by atoms with van der Waals surface area (Å²) < 4.78 is 5.05. The standard InChI is InChI=1S/C18H20N2O5/c1-3-20(9-8-16(21)22)18(24)13-7-6-12(2)14(11-13)19-17(23)15-5-4-10-25-15/h4-7,10-11H,3,8-9H2,1-2H3,(H,19,23)(H,21,22). The van der Waals surface area contributed by atoms with Crippen molar-refractivity contribution in [3.63, 3.8) is 0 Å². The average molecular weight is 344 g/mol. The molecule has 0 spiro atoms. The minimum absolute atomic E-state index is 0.118. The van der Waals surface area contributed by atoms with Gasteiger partial charge >= 0.3 is 5.97 Å². The highest BCUT2D eigenvalue weighted by Crippen LogP contribution is 2.19. The number of carbonyl (C=O) groups is 3. The van der Waals surface area contributed by atoms with E-state index in [4.69, 9.17) is 9.52 Å². The molecule has 0 saturated heterocycles. The van der Waals surface area contributed by atoms with Crippen molar-refractivity contribution in [2.24, 2.45) is 0 Å². The normalized spacial score (nSPS) is 10.3. The lowest BCUT2D eigenvalue weighted by molar-refractivity contribution is -0.137. The summed E-state index contributed by atoms with van der Waals surface area (Å²) in [5.41, 5.74) is 1.68. The molecular weight excluding hydrogens is 324 g/mol. The van der Waals surface area contributed by atoms with Gasteiger partial charge in [0.15, 0.2) is 5.76 Å². The van der Waals surface area contributed by atoms with E-state index in [1.807, 2.05) is 6.92 Å². The highest BCUT2D eigenvalue weighted by atomic mass is 16.4. The van der Waals surface area contributed by atoms with E-state index in [0.29, 0.717) is 17.8 Å². The smallest absolute Gasteiger partial charge is 0.305 e. The van der Waals surface area contributed by atoms with E-state index in [-0.39, 0.29) is 24.6 Å². The SMILES string of the molecule is CCN(CCC(=O)O)C(=O)c1ccc(C)c(NC(=O)c2ccco2)c1. The Balaban J connectivity index is 2.17. The Kier molecular flexibility index (Phi) is 5.94. The second-order valence-corrected chi connectivity index (χ2v) is 5.49. The van der Waals surface area contributed by atoms with Gasteiger partial charge < -0.3 is 19.7 Å². The fraction of sp³-hybridized carbons (Fsp3) is 0.278. The molecular formula is C18H20N2O5. The molecule has 0 atom stereocenters. The third-order valence-electron chi connectivity index (χ3n) is 3.74. The van der Waals surface area contributed by atoms with Gasteiger partial charge in [0.1, 0.15) is 0 Å². The Hall–Kier alpha value is -3.09. The van der Waals surface area contributed by atoms with Crippen LogP contribution >= 0.6 is 0 Å². The van der Waals surface area contributed by atoms with Crippen LogP contribution in [-0.2, 0) is 4.79 Å². The lowest BCUT2D eigenvalue weighted by atomic mass is 10.1. The number of nitrogens with zero attached hydrogens (tertiary/aromatic N) is 1. The van der Waals surface area contributed by atoms with Crippen LogP contribution in [-0.4, -0.2) is 40.9 Å². The molecule has 25 heavy (non-hydrogen) atoms. The summed E-state index contributed by atoms with van der Waals surface area (Å²) in [6.45, 7) is 4.13. The molecule has 2 aromatic rings. The van der Waals surface area contributed by atoms with Crippen molar-refractivity contribution >= 4 is 23.5 Å². The van der Waals surface area contributed by atoms with Crippen LogP contribution in [0.25, 0.3) is 0 Å². The number of anilines is 1. The van der Waals surface area contributed by atoms with E-state index in [2.05, 4.69) is 5.32 Å². The molecule has 132 valence electrons. The van der Waals surface area contributed by atoms with Crippen molar-refractivity contribution < 1.29 is 23.9 Å². The maximum absolute atomic E-state index is 12.6. The molecule has 0 unspecified atom stereocenters. The van der Waals surface area contributed by atoms with E-state index < -0.39 is 11.9 Å². The first-order valence-electron chi connectivity index (χ1n) is 7.89. The van der Waals surface area contributed by atoms with E-state index in [9.17, 15) is 14.4 Å². The van der Waals surface area contributed by atoms with Gasteiger partial charge in [-0.3, -0.25) is 14.4 Å². The van der Waals surface area contributed by atoms with Crippen molar-refractivity contribution in [1.82, 2.24) is 4.90 Å². The Morgan fingerprint density at radius 3 is 2.60 bits per heavy atom. The molecule has 0 aliphatic rings. The first-order valence-corrected chi connectivity index (χ1v) is 7.89. The second-order valence-electron chi connectivity index (χ2n) is 5.49. The molecule has 0 saturated carbocycles. The van der Waals surface area contributed by atoms with Crippen LogP contribution in [0.1, 0.15) is 39.8 Å². The number of amides is 2. The van der Waals surface area contributed by atoms with E-state index >= 15 is 0 Å². The van der Waals surface area contributed by atoms with Crippen molar-refractivity contribution in [1.29, 1.82) is 0 Å². The van der Waals surface area contributed by atoms with Crippen LogP contribution in [0, 0.1) is 6.92 Å². The van der Waals surface area contributed by atoms with Gasteiger partial charge in [-0.2, -0.15) is 0 Å². The van der Waals surface area contributed by atoms with Crippen LogP contribution in [0.15, 0.2) is 41.0 Å². The van der Waals surface area contributed by atoms with Gasteiger partial charge in [-0.25, -0.2) is 0 Å². The number of aryl methyl sites for hydroxylation is 1. The van der Waals surface area contributed by atoms with Gasteiger partial charge in [-0.05, 0) is 43.7 Å². The van der Waals surface area contributed by atoms with Crippen molar-refractivity contribution in [2.45, 2.75) is 20.3 Å². The summed E-state index contributed by atoms with van der Waals surface area (Å²) >= 11 is 0. The van der Waals surface area contributed by atoms with Crippen LogP contribution in [0.2, 0.25) is 0 Å². The summed E-state index contributed by atoms with van der Waals surface area (Å²) in [7, 11) is 0. The number of carboxylic acids is 1. The zero-order valence-electron chi connectivity index (χ0n) is 14.1. The molecule has 7 nitrogen and oxygen atoms in total. The predicted octanol–water partition coefficient (Wildman–Crippen LogP) is 2.78. The molecule has 1 aromatic carbocycles. The minimum atomic E-state index is -0.957. The Morgan fingerprint density at radius 1 is 1.24 bits per heavy atom. The highest BCUT2D eigenvalue weighted by Gasteiger charge is 2.17. The average Bonchev–Trinajstić information content (AvgIpc) is 3.11. The molecule has 2 amide bonds. The number of carboxylic acid groups (broad SMARTS) is 1. The maximum atomic E-state index is 12.6. The van der Waals surface area contributed by atoms with Crippen LogP contribution in [0.5, 0.6) is 0 Å². The molecule has 0 bridgehead atoms. The quantitative estimate of drug-likeness (QED) is 0.804. The fourth-order valence-electron chi connectivity index (χ4n) is 2.30. The molecule has 2 N–H and O–H groups in total. The van der Waals surface area contributed by atoms with E-state index in [0.717, 1.165) is 5.56 Å². The summed E-state index contributed by atoms with van der Waals surface area (Å²) in [5, 5.41) is 11.5. The maximum Gasteiger partial charge on any atom is 0.305 e. The molecule has 7 heteroatoms. The number of hydrogen-bond acceptors (Lipinski definition) is 4. The van der Waals surface area contributed by atoms with Gasteiger partial charge in [-0.15, -0.1) is 0 Å². The van der Waals surface area contributed by atoms with Crippen LogP contribution in [0.3, 0.4) is 0 Å². The second kappa shape index (κ2) is 8.14. The summed E-state index contributed by atoms with van der Waals surface area (Å²) in [6.07, 6.45) is 1.29. The van der Waals surface area contributed by atoms with Crippen LogP contribution < -0.4 is 5.32 Å². The third kappa shape index (κ3) is 4.69. The number of benzene rings is 1. The molecule has 0 aliphatic heterocycles. The lowest BCUT2D eigenvalue weighted by Gasteiger charge is -2.20. The molecule has 2 rings (SSSR count). The molecule has 1 heterocycles.